The van der Waals surface area contributed by atoms with Crippen LogP contribution in [0.25, 0.3) is 10.8 Å². The van der Waals surface area contributed by atoms with Crippen LogP contribution in [0.15, 0.2) is 60.7 Å². The smallest absolute Gasteiger partial charge is 0.240 e. The second-order valence-corrected chi connectivity index (χ2v) is 13.6. The fourth-order valence-electron chi connectivity index (χ4n) is 6.47. The highest BCUT2D eigenvalue weighted by Crippen LogP contribution is 2.27. The predicted molar refractivity (Wildman–Crippen MR) is 185 cm³/mol. The van der Waals surface area contributed by atoms with Crippen molar-refractivity contribution in [3.05, 3.63) is 81.8 Å². The van der Waals surface area contributed by atoms with Crippen LogP contribution in [0.3, 0.4) is 0 Å². The van der Waals surface area contributed by atoms with Gasteiger partial charge in [0.2, 0.25) is 5.91 Å². The summed E-state index contributed by atoms with van der Waals surface area (Å²) in [6, 6.07) is 19.8. The van der Waals surface area contributed by atoms with Crippen LogP contribution in [0.1, 0.15) is 44.2 Å². The number of nitrogens with two attached hydrogens (primary N) is 3. The Morgan fingerprint density at radius 1 is 0.955 bits per heavy atom. The van der Waals surface area contributed by atoms with Gasteiger partial charge in [0, 0.05) is 60.9 Å². The number of amides is 1. The molecular formula is C35H50Cl2N6O. The molecule has 0 saturated carbocycles. The van der Waals surface area contributed by atoms with Gasteiger partial charge in [-0.3, -0.25) is 9.69 Å². The summed E-state index contributed by atoms with van der Waals surface area (Å²) in [6.07, 6.45) is 4.02. The molecule has 0 spiro atoms. The Kier molecular flexibility index (Phi) is 13.3. The molecule has 4 rings (SSSR count). The van der Waals surface area contributed by atoms with Gasteiger partial charge in [-0.15, -0.1) is 0 Å². The molecule has 44 heavy (non-hydrogen) atoms. The van der Waals surface area contributed by atoms with E-state index in [0.717, 1.165) is 62.0 Å². The number of hydrogen-bond donors (Lipinski definition) is 4. The summed E-state index contributed by atoms with van der Waals surface area (Å²) in [4.78, 5) is 18.6. The van der Waals surface area contributed by atoms with Crippen molar-refractivity contribution in [1.82, 2.24) is 15.1 Å². The van der Waals surface area contributed by atoms with Crippen molar-refractivity contribution in [2.45, 2.75) is 70.1 Å². The van der Waals surface area contributed by atoms with Gasteiger partial charge in [-0.25, -0.2) is 0 Å². The Morgan fingerprint density at radius 2 is 1.73 bits per heavy atom. The molecule has 1 aliphatic rings. The first-order valence-electron chi connectivity index (χ1n) is 16.0. The summed E-state index contributed by atoms with van der Waals surface area (Å²) < 4.78 is 0. The molecule has 0 unspecified atom stereocenters. The minimum Gasteiger partial charge on any atom is -0.335 e. The van der Waals surface area contributed by atoms with Crippen LogP contribution in [0.5, 0.6) is 0 Å². The Morgan fingerprint density at radius 3 is 2.45 bits per heavy atom. The number of nitrogens with zero attached hydrogens (tertiary/aromatic N) is 2. The summed E-state index contributed by atoms with van der Waals surface area (Å²) in [5, 5.41) is 7.01. The third-order valence-electron chi connectivity index (χ3n) is 8.60. The van der Waals surface area contributed by atoms with E-state index in [4.69, 9.17) is 40.4 Å². The molecule has 0 aromatic heterocycles. The fourth-order valence-corrected chi connectivity index (χ4v) is 6.95. The predicted octanol–water partition coefficient (Wildman–Crippen LogP) is 4.84. The second kappa shape index (κ2) is 16.9. The van der Waals surface area contributed by atoms with Gasteiger partial charge in [0.25, 0.3) is 0 Å². The highest BCUT2D eigenvalue weighted by molar-refractivity contribution is 6.35. The van der Waals surface area contributed by atoms with E-state index >= 15 is 0 Å². The topological polar surface area (TPSA) is 114 Å². The molecule has 0 aliphatic carbocycles. The number of halogens is 2. The van der Waals surface area contributed by atoms with E-state index in [2.05, 4.69) is 59.3 Å². The Balaban J connectivity index is 1.49. The van der Waals surface area contributed by atoms with Crippen molar-refractivity contribution < 1.29 is 4.79 Å². The number of rotatable bonds is 15. The van der Waals surface area contributed by atoms with Crippen LogP contribution in [-0.4, -0.2) is 79.1 Å². The standard InChI is InChI=1S/C35H50Cl2N6O/c1-24(2)16-32-22-42(21-30(39)19-28-11-12-29(36)20-33(28)37)31(8-5-14-41-15-13-38)23-43(32)35(44)34(40)18-25-9-10-26-6-3-4-7-27(26)17-25/h3-4,6-7,9-12,17,20,24,30-32,34,41H,5,8,13-16,18-19,21-23,38-40H2,1-2H3/t30-,31+,32-,34-/m1/s1. The zero-order valence-corrected chi connectivity index (χ0v) is 27.7. The molecule has 7 nitrogen and oxygen atoms in total. The Bertz CT molecular complexity index is 1350. The second-order valence-electron chi connectivity index (χ2n) is 12.8. The van der Waals surface area contributed by atoms with Gasteiger partial charge >= 0.3 is 0 Å². The molecule has 240 valence electrons. The van der Waals surface area contributed by atoms with Gasteiger partial charge in [-0.1, -0.05) is 85.6 Å². The quantitative estimate of drug-likeness (QED) is 0.177. The van der Waals surface area contributed by atoms with E-state index in [0.29, 0.717) is 41.9 Å². The van der Waals surface area contributed by atoms with Gasteiger partial charge in [0.1, 0.15) is 0 Å². The average Bonchev–Trinajstić information content (AvgIpc) is 2.98. The lowest BCUT2D eigenvalue weighted by atomic mass is 9.93. The first-order chi connectivity index (χ1) is 21.1. The minimum atomic E-state index is -0.599. The zero-order valence-electron chi connectivity index (χ0n) is 26.2. The Labute approximate surface area is 273 Å². The lowest BCUT2D eigenvalue weighted by Gasteiger charge is -2.48. The molecule has 1 fully saturated rings. The van der Waals surface area contributed by atoms with Gasteiger partial charge < -0.3 is 27.4 Å². The number of carbonyl (C=O) groups is 1. The number of nitrogens with one attached hydrogen (secondary N) is 1. The first-order valence-corrected chi connectivity index (χ1v) is 16.8. The van der Waals surface area contributed by atoms with Crippen LogP contribution >= 0.6 is 23.2 Å². The molecule has 1 amide bonds. The van der Waals surface area contributed by atoms with E-state index in [9.17, 15) is 4.79 Å². The number of benzene rings is 3. The average molecular weight is 642 g/mol. The van der Waals surface area contributed by atoms with Gasteiger partial charge in [-0.2, -0.15) is 0 Å². The number of fused-ring (bicyclic) bond motifs is 1. The van der Waals surface area contributed by atoms with Crippen LogP contribution in [0.2, 0.25) is 10.0 Å². The first kappa shape index (κ1) is 34.6. The number of carbonyl (C=O) groups excluding carboxylic acids is 1. The molecule has 1 saturated heterocycles. The summed E-state index contributed by atoms with van der Waals surface area (Å²) in [6.45, 7) is 8.87. The van der Waals surface area contributed by atoms with Crippen LogP contribution in [0, 0.1) is 5.92 Å². The molecule has 0 bridgehead atoms. The van der Waals surface area contributed by atoms with Gasteiger partial charge in [0.05, 0.1) is 6.04 Å². The molecule has 1 aliphatic heterocycles. The SMILES string of the molecule is CC(C)C[C@@H]1CN(C[C@H](N)Cc2ccc(Cl)cc2Cl)[C@@H](CCCNCCN)CN1C(=O)[C@H](N)Cc1ccc2ccccc2c1. The van der Waals surface area contributed by atoms with Crippen LogP contribution in [0.4, 0.5) is 0 Å². The Hall–Kier alpha value is -2.23. The maximum absolute atomic E-state index is 14.1. The van der Waals surface area contributed by atoms with E-state index in [1.165, 1.54) is 5.39 Å². The third-order valence-corrected chi connectivity index (χ3v) is 9.19. The minimum absolute atomic E-state index is 0.0342. The molecule has 9 heteroatoms. The normalized spacial score (nSPS) is 19.0. The maximum atomic E-state index is 14.1. The highest BCUT2D eigenvalue weighted by Gasteiger charge is 2.38. The van der Waals surface area contributed by atoms with Crippen LogP contribution < -0.4 is 22.5 Å². The van der Waals surface area contributed by atoms with Crippen molar-refractivity contribution in [1.29, 1.82) is 0 Å². The number of piperazine rings is 1. The van der Waals surface area contributed by atoms with Crippen molar-refractivity contribution in [2.24, 2.45) is 23.1 Å². The maximum Gasteiger partial charge on any atom is 0.240 e. The molecule has 3 aromatic rings. The summed E-state index contributed by atoms with van der Waals surface area (Å²) in [7, 11) is 0. The monoisotopic (exact) mass is 640 g/mol. The summed E-state index contributed by atoms with van der Waals surface area (Å²) in [5.74, 6) is 0.472. The van der Waals surface area contributed by atoms with Crippen molar-refractivity contribution in [2.75, 3.05) is 39.3 Å². The molecule has 3 aromatic carbocycles. The summed E-state index contributed by atoms with van der Waals surface area (Å²) in [5.41, 5.74) is 21.2. The lowest BCUT2D eigenvalue weighted by molar-refractivity contribution is -0.140. The van der Waals surface area contributed by atoms with Gasteiger partial charge in [0.15, 0.2) is 0 Å². The molecular weight excluding hydrogens is 591 g/mol. The summed E-state index contributed by atoms with van der Waals surface area (Å²) >= 11 is 12.6. The highest BCUT2D eigenvalue weighted by atomic mass is 35.5. The van der Waals surface area contributed by atoms with E-state index in [-0.39, 0.29) is 24.0 Å². The van der Waals surface area contributed by atoms with Crippen molar-refractivity contribution in [3.63, 3.8) is 0 Å². The van der Waals surface area contributed by atoms with E-state index < -0.39 is 6.04 Å². The number of hydrogen-bond acceptors (Lipinski definition) is 6. The zero-order chi connectivity index (χ0) is 31.6. The largest absolute Gasteiger partial charge is 0.335 e. The van der Waals surface area contributed by atoms with Gasteiger partial charge in [-0.05, 0) is 78.6 Å². The van der Waals surface area contributed by atoms with Crippen LogP contribution in [-0.2, 0) is 17.6 Å². The van der Waals surface area contributed by atoms with Crippen molar-refractivity contribution >= 4 is 39.9 Å². The third kappa shape index (κ3) is 9.88. The molecule has 1 heterocycles. The molecule has 4 atom stereocenters. The lowest BCUT2D eigenvalue weighted by Crippen LogP contribution is -2.64. The fraction of sp³-hybridized carbons (Fsp3) is 0.514. The van der Waals surface area contributed by atoms with Crippen molar-refractivity contribution in [3.8, 4) is 0 Å². The van der Waals surface area contributed by atoms with E-state index in [1.807, 2.05) is 24.3 Å². The molecule has 7 N–H and O–H groups in total. The molecule has 0 radical (unpaired) electrons. The van der Waals surface area contributed by atoms with E-state index in [1.54, 1.807) is 6.07 Å².